The van der Waals surface area contributed by atoms with E-state index >= 15 is 0 Å². The predicted octanol–water partition coefficient (Wildman–Crippen LogP) is 10.8. The Hall–Kier alpha value is -1.81. The molecule has 0 aliphatic rings. The van der Waals surface area contributed by atoms with E-state index in [2.05, 4.69) is 42.3 Å². The van der Waals surface area contributed by atoms with Crippen molar-refractivity contribution in [2.45, 2.75) is 192 Å². The topological polar surface area (TPSA) is 149 Å². The zero-order chi connectivity index (χ0) is 39.1. The third kappa shape index (κ3) is 38.3. The maximum absolute atomic E-state index is 12.6. The van der Waals surface area contributed by atoms with Crippen LogP contribution in [0.4, 0.5) is 0 Å². The Bertz CT molecular complexity index is 970. The number of carbonyl (C=O) groups excluding carboxylic acids is 2. The zero-order valence-corrected chi connectivity index (χ0v) is 34.2. The lowest BCUT2D eigenvalue weighted by atomic mass is 10.0. The van der Waals surface area contributed by atoms with Crippen molar-refractivity contribution in [3.05, 3.63) is 37.0 Å². The van der Waals surface area contributed by atoms with Crippen LogP contribution >= 0.6 is 7.82 Å². The average molecular weight is 773 g/mol. The fraction of sp³-hybridized carbons (Fsp3) is 0.810. The number of ether oxygens (including phenoxy) is 2. The lowest BCUT2D eigenvalue weighted by Gasteiger charge is -2.20. The molecule has 0 saturated carbocycles. The number of aliphatic hydroxyl groups excluding tert-OH is 2. The molecule has 0 aliphatic carbocycles. The van der Waals surface area contributed by atoms with E-state index in [4.69, 9.17) is 19.1 Å². The molecule has 0 saturated heterocycles. The molecule has 0 aromatic rings. The molecule has 0 amide bonds. The van der Waals surface area contributed by atoms with Crippen molar-refractivity contribution in [2.24, 2.45) is 0 Å². The van der Waals surface area contributed by atoms with Crippen LogP contribution in [0, 0.1) is 0 Å². The van der Waals surface area contributed by atoms with E-state index < -0.39 is 51.8 Å². The maximum Gasteiger partial charge on any atom is 0.472 e. The molecule has 0 aromatic heterocycles. The van der Waals surface area contributed by atoms with Crippen molar-refractivity contribution in [3.8, 4) is 0 Å². The normalized spacial score (nSPS) is 14.0. The Morgan fingerprint density at radius 1 is 0.623 bits per heavy atom. The molecule has 0 fully saturated rings. The third-order valence-corrected chi connectivity index (χ3v) is 9.89. The molecular weight excluding hydrogens is 695 g/mol. The second-order valence-corrected chi connectivity index (χ2v) is 15.6. The van der Waals surface area contributed by atoms with E-state index in [1.54, 1.807) is 0 Å². The Morgan fingerprint density at radius 3 is 1.55 bits per heavy atom. The summed E-state index contributed by atoms with van der Waals surface area (Å²) in [6.07, 6.45) is 37.1. The van der Waals surface area contributed by atoms with Crippen LogP contribution in [0.1, 0.15) is 180 Å². The molecule has 1 unspecified atom stereocenters. The first-order chi connectivity index (χ1) is 25.7. The summed E-state index contributed by atoms with van der Waals surface area (Å²) in [7, 11) is -4.62. The van der Waals surface area contributed by atoms with E-state index in [0.29, 0.717) is 12.8 Å². The minimum atomic E-state index is -4.62. The molecule has 0 aliphatic heterocycles. The number of unbranched alkanes of at least 4 members (excludes halogenated alkanes) is 22. The first kappa shape index (κ1) is 51.2. The van der Waals surface area contributed by atoms with Crippen LogP contribution in [0.3, 0.4) is 0 Å². The minimum Gasteiger partial charge on any atom is -0.462 e. The molecule has 0 radical (unpaired) electrons. The van der Waals surface area contributed by atoms with Gasteiger partial charge in [0.1, 0.15) is 12.7 Å². The molecule has 11 heteroatoms. The number of esters is 2. The molecule has 53 heavy (non-hydrogen) atoms. The summed E-state index contributed by atoms with van der Waals surface area (Å²) in [5.74, 6) is -0.943. The number of hydrogen-bond donors (Lipinski definition) is 3. The lowest BCUT2D eigenvalue weighted by Crippen LogP contribution is -2.29. The maximum atomic E-state index is 12.6. The second kappa shape index (κ2) is 38.5. The summed E-state index contributed by atoms with van der Waals surface area (Å²) >= 11 is 0. The SMILES string of the molecule is C=CCCCCCCCCCCCCCCCC(=O)O[C@H](COC(=O)CCCCCCC/C=C/C=C/CCCCCC)COP(=O)(O)OC[C@@H](O)CO. The third-order valence-electron chi connectivity index (χ3n) is 8.94. The van der Waals surface area contributed by atoms with E-state index in [0.717, 1.165) is 64.2 Å². The first-order valence-electron chi connectivity index (χ1n) is 20.9. The van der Waals surface area contributed by atoms with Gasteiger partial charge in [0.05, 0.1) is 19.8 Å². The van der Waals surface area contributed by atoms with Gasteiger partial charge in [-0.3, -0.25) is 18.6 Å². The zero-order valence-electron chi connectivity index (χ0n) is 33.3. The van der Waals surface area contributed by atoms with Gasteiger partial charge in [-0.1, -0.05) is 146 Å². The van der Waals surface area contributed by atoms with Gasteiger partial charge in [0.15, 0.2) is 6.10 Å². The second-order valence-electron chi connectivity index (χ2n) is 14.1. The van der Waals surface area contributed by atoms with Crippen LogP contribution in [-0.4, -0.2) is 65.7 Å². The van der Waals surface area contributed by atoms with Crippen molar-refractivity contribution >= 4 is 19.8 Å². The Balaban J connectivity index is 4.32. The van der Waals surface area contributed by atoms with Gasteiger partial charge in [-0.2, -0.15) is 0 Å². The van der Waals surface area contributed by atoms with Crippen molar-refractivity contribution in [1.82, 2.24) is 0 Å². The summed E-state index contributed by atoms with van der Waals surface area (Å²) in [6, 6.07) is 0. The van der Waals surface area contributed by atoms with Crippen LogP contribution in [0.25, 0.3) is 0 Å². The molecule has 3 N–H and O–H groups in total. The van der Waals surface area contributed by atoms with Crippen molar-refractivity contribution in [1.29, 1.82) is 0 Å². The summed E-state index contributed by atoms with van der Waals surface area (Å²) in [4.78, 5) is 34.9. The number of carbonyl (C=O) groups is 2. The summed E-state index contributed by atoms with van der Waals surface area (Å²) in [5, 5.41) is 18.3. The molecule has 0 aromatic carbocycles. The van der Waals surface area contributed by atoms with Gasteiger partial charge in [0, 0.05) is 12.8 Å². The molecular formula is C42H77O10P. The van der Waals surface area contributed by atoms with Crippen LogP contribution in [0.2, 0.25) is 0 Å². The molecule has 310 valence electrons. The number of allylic oxidation sites excluding steroid dienone is 5. The Morgan fingerprint density at radius 2 is 1.06 bits per heavy atom. The van der Waals surface area contributed by atoms with E-state index in [1.807, 2.05) is 6.08 Å². The van der Waals surface area contributed by atoms with Crippen LogP contribution in [-0.2, 0) is 32.7 Å². The monoisotopic (exact) mass is 773 g/mol. The molecule has 3 atom stereocenters. The Labute approximate surface area is 322 Å². The van der Waals surface area contributed by atoms with Crippen LogP contribution < -0.4 is 0 Å². The fourth-order valence-electron chi connectivity index (χ4n) is 5.67. The highest BCUT2D eigenvalue weighted by atomic mass is 31.2. The molecule has 0 heterocycles. The smallest absolute Gasteiger partial charge is 0.462 e. The van der Waals surface area contributed by atoms with E-state index in [1.165, 1.54) is 83.5 Å². The number of phosphoric acid groups is 1. The average Bonchev–Trinajstić information content (AvgIpc) is 3.14. The minimum absolute atomic E-state index is 0.179. The van der Waals surface area contributed by atoms with Crippen molar-refractivity contribution in [3.63, 3.8) is 0 Å². The number of rotatable bonds is 40. The highest BCUT2D eigenvalue weighted by Gasteiger charge is 2.27. The van der Waals surface area contributed by atoms with Crippen molar-refractivity contribution < 1.29 is 47.8 Å². The van der Waals surface area contributed by atoms with E-state index in [-0.39, 0.29) is 19.4 Å². The summed E-state index contributed by atoms with van der Waals surface area (Å²) in [5.41, 5.74) is 0. The largest absolute Gasteiger partial charge is 0.472 e. The van der Waals surface area contributed by atoms with Crippen molar-refractivity contribution in [2.75, 3.05) is 26.4 Å². The lowest BCUT2D eigenvalue weighted by molar-refractivity contribution is -0.161. The summed E-state index contributed by atoms with van der Waals surface area (Å²) in [6.45, 7) is 3.86. The molecule has 0 spiro atoms. The Kier molecular flexibility index (Phi) is 37.2. The number of hydrogen-bond acceptors (Lipinski definition) is 9. The standard InChI is InChI=1S/C42H77O10P/c1-3-5-7-9-11-13-15-17-19-21-23-25-27-29-31-33-41(45)49-37-40(38-51-53(47,48)50-36-39(44)35-43)52-42(46)34-32-30-28-26-24-22-20-18-16-14-12-10-8-6-4-2/h4,13,15,17,19,39-40,43-44H,2-3,5-12,14,16,18,20-38H2,1H3,(H,47,48)/b15-13+,19-17+/t39-,40+/m0/s1. The number of phosphoric ester groups is 1. The fourth-order valence-corrected chi connectivity index (χ4v) is 6.46. The summed E-state index contributed by atoms with van der Waals surface area (Å²) < 4.78 is 32.7. The first-order valence-corrected chi connectivity index (χ1v) is 22.4. The van der Waals surface area contributed by atoms with Gasteiger partial charge in [0.25, 0.3) is 0 Å². The highest BCUT2D eigenvalue weighted by Crippen LogP contribution is 2.43. The van der Waals surface area contributed by atoms with Gasteiger partial charge in [0.2, 0.25) is 0 Å². The van der Waals surface area contributed by atoms with Gasteiger partial charge in [-0.25, -0.2) is 4.57 Å². The van der Waals surface area contributed by atoms with Gasteiger partial charge in [-0.15, -0.1) is 6.58 Å². The molecule has 10 nitrogen and oxygen atoms in total. The van der Waals surface area contributed by atoms with Gasteiger partial charge < -0.3 is 24.6 Å². The van der Waals surface area contributed by atoms with Crippen LogP contribution in [0.15, 0.2) is 37.0 Å². The van der Waals surface area contributed by atoms with Crippen LogP contribution in [0.5, 0.6) is 0 Å². The molecule has 0 bridgehead atoms. The molecule has 0 rings (SSSR count). The van der Waals surface area contributed by atoms with Gasteiger partial charge >= 0.3 is 19.8 Å². The number of aliphatic hydroxyl groups is 2. The quantitative estimate of drug-likeness (QED) is 0.0181. The highest BCUT2D eigenvalue weighted by molar-refractivity contribution is 7.47. The predicted molar refractivity (Wildman–Crippen MR) is 214 cm³/mol. The van der Waals surface area contributed by atoms with Gasteiger partial charge in [-0.05, 0) is 51.4 Å². The van der Waals surface area contributed by atoms with E-state index in [9.17, 15) is 24.2 Å².